The molecule has 0 saturated carbocycles. The molecule has 3 nitrogen and oxygen atoms in total. The van der Waals surface area contributed by atoms with E-state index < -0.39 is 9.84 Å². The second-order valence-corrected chi connectivity index (χ2v) is 5.66. The molecule has 0 aliphatic heterocycles. The molecule has 0 N–H and O–H groups in total. The lowest BCUT2D eigenvalue weighted by Crippen LogP contribution is -1.99. The molecule has 0 spiro atoms. The van der Waals surface area contributed by atoms with Crippen molar-refractivity contribution in [1.82, 2.24) is 4.98 Å². The Bertz CT molecular complexity index is 622. The molecule has 1 heterocycles. The van der Waals surface area contributed by atoms with Gasteiger partial charge in [0.15, 0.2) is 14.9 Å². The number of halogens is 1. The number of nitrogens with zero attached hydrogens (tertiary/aromatic N) is 1. The molecule has 0 fully saturated rings. The van der Waals surface area contributed by atoms with Crippen molar-refractivity contribution in [3.8, 4) is 0 Å². The number of benzene rings is 1. The van der Waals surface area contributed by atoms with Crippen LogP contribution in [-0.2, 0) is 9.84 Å². The van der Waals surface area contributed by atoms with Crippen LogP contribution in [0.15, 0.2) is 35.4 Å². The first kappa shape index (κ1) is 10.4. The van der Waals surface area contributed by atoms with E-state index in [-0.39, 0.29) is 5.03 Å². The third-order valence-corrected chi connectivity index (χ3v) is 3.23. The summed E-state index contributed by atoms with van der Waals surface area (Å²) in [6.07, 6.45) is 1.14. The first-order chi connectivity index (χ1) is 6.97. The maximum atomic E-state index is 11.3. The summed E-state index contributed by atoms with van der Waals surface area (Å²) in [7, 11) is -3.25. The highest BCUT2D eigenvalue weighted by molar-refractivity contribution is 7.90. The van der Waals surface area contributed by atoms with E-state index in [1.165, 1.54) is 6.07 Å². The van der Waals surface area contributed by atoms with Crippen LogP contribution in [-0.4, -0.2) is 19.7 Å². The molecule has 2 aromatic rings. The summed E-state index contributed by atoms with van der Waals surface area (Å²) in [6.45, 7) is 0. The Morgan fingerprint density at radius 2 is 1.93 bits per heavy atom. The minimum atomic E-state index is -3.25. The van der Waals surface area contributed by atoms with E-state index in [1.807, 2.05) is 0 Å². The molecular weight excluding hydrogens is 234 g/mol. The minimum Gasteiger partial charge on any atom is -0.236 e. The smallest absolute Gasteiger partial charge is 0.192 e. The molecule has 1 aromatic heterocycles. The molecule has 5 heteroatoms. The summed E-state index contributed by atoms with van der Waals surface area (Å²) in [4.78, 5) is 4.04. The predicted molar refractivity (Wildman–Crippen MR) is 59.9 cm³/mol. The summed E-state index contributed by atoms with van der Waals surface area (Å²) in [6, 6.07) is 8.31. The standard InChI is InChI=1S/C10H8ClNO2S/c1-15(13,14)10-5-2-7-6-8(11)3-4-9(7)12-10/h2-6H,1H3. The molecule has 1 aromatic carbocycles. The van der Waals surface area contributed by atoms with Gasteiger partial charge in [0.05, 0.1) is 5.52 Å². The van der Waals surface area contributed by atoms with Gasteiger partial charge in [-0.1, -0.05) is 11.6 Å². The number of rotatable bonds is 1. The molecule has 0 amide bonds. The topological polar surface area (TPSA) is 47.0 Å². The van der Waals surface area contributed by atoms with Crippen LogP contribution < -0.4 is 0 Å². The van der Waals surface area contributed by atoms with Crippen molar-refractivity contribution in [2.24, 2.45) is 0 Å². The molecule has 15 heavy (non-hydrogen) atoms. The third kappa shape index (κ3) is 2.11. The summed E-state index contributed by atoms with van der Waals surface area (Å²) in [5.41, 5.74) is 0.627. The fourth-order valence-corrected chi connectivity index (χ4v) is 2.04. The van der Waals surface area contributed by atoms with Gasteiger partial charge in [0.1, 0.15) is 0 Å². The SMILES string of the molecule is CS(=O)(=O)c1ccc2cc(Cl)ccc2n1. The molecule has 2 rings (SSSR count). The van der Waals surface area contributed by atoms with Gasteiger partial charge in [0, 0.05) is 16.7 Å². The lowest BCUT2D eigenvalue weighted by Gasteiger charge is -2.00. The van der Waals surface area contributed by atoms with Gasteiger partial charge in [-0.15, -0.1) is 0 Å². The highest BCUT2D eigenvalue weighted by atomic mass is 35.5. The van der Waals surface area contributed by atoms with E-state index in [0.29, 0.717) is 10.5 Å². The Kier molecular flexibility index (Phi) is 2.40. The van der Waals surface area contributed by atoms with Crippen LogP contribution in [0.2, 0.25) is 5.02 Å². The van der Waals surface area contributed by atoms with Crippen LogP contribution in [0, 0.1) is 0 Å². The summed E-state index contributed by atoms with van der Waals surface area (Å²) in [5, 5.41) is 1.52. The van der Waals surface area contributed by atoms with E-state index in [0.717, 1.165) is 11.6 Å². The average Bonchev–Trinajstić information content (AvgIpc) is 2.15. The zero-order valence-corrected chi connectivity index (χ0v) is 9.51. The minimum absolute atomic E-state index is 0.0809. The van der Waals surface area contributed by atoms with E-state index in [4.69, 9.17) is 11.6 Å². The second kappa shape index (κ2) is 3.47. The molecule has 0 aliphatic carbocycles. The second-order valence-electron chi connectivity index (χ2n) is 3.26. The molecular formula is C10H8ClNO2S. The zero-order valence-electron chi connectivity index (χ0n) is 7.94. The van der Waals surface area contributed by atoms with E-state index in [2.05, 4.69) is 4.98 Å². The van der Waals surface area contributed by atoms with Crippen LogP contribution in [0.4, 0.5) is 0 Å². The number of fused-ring (bicyclic) bond motifs is 1. The molecule has 0 atom stereocenters. The van der Waals surface area contributed by atoms with Gasteiger partial charge in [-0.25, -0.2) is 13.4 Å². The monoisotopic (exact) mass is 241 g/mol. The molecule has 78 valence electrons. The fourth-order valence-electron chi connectivity index (χ4n) is 1.28. The quantitative estimate of drug-likeness (QED) is 0.770. The molecule has 0 aliphatic rings. The van der Waals surface area contributed by atoms with Crippen LogP contribution in [0.1, 0.15) is 0 Å². The fraction of sp³-hybridized carbons (Fsp3) is 0.100. The Morgan fingerprint density at radius 3 is 2.60 bits per heavy atom. The van der Waals surface area contributed by atoms with Gasteiger partial charge in [-0.05, 0) is 30.3 Å². The highest BCUT2D eigenvalue weighted by Crippen LogP contribution is 2.19. The van der Waals surface area contributed by atoms with E-state index >= 15 is 0 Å². The number of hydrogen-bond acceptors (Lipinski definition) is 3. The first-order valence-corrected chi connectivity index (χ1v) is 6.50. The van der Waals surface area contributed by atoms with E-state index in [9.17, 15) is 8.42 Å². The maximum Gasteiger partial charge on any atom is 0.192 e. The first-order valence-electron chi connectivity index (χ1n) is 4.23. The number of pyridine rings is 1. The van der Waals surface area contributed by atoms with Crippen LogP contribution in [0.5, 0.6) is 0 Å². The lowest BCUT2D eigenvalue weighted by molar-refractivity contribution is 0.599. The van der Waals surface area contributed by atoms with Crippen molar-refractivity contribution in [1.29, 1.82) is 0 Å². The Morgan fingerprint density at radius 1 is 1.20 bits per heavy atom. The number of hydrogen-bond donors (Lipinski definition) is 0. The van der Waals surface area contributed by atoms with Gasteiger partial charge in [0.2, 0.25) is 0 Å². The highest BCUT2D eigenvalue weighted by Gasteiger charge is 2.09. The van der Waals surface area contributed by atoms with Crippen molar-refractivity contribution in [3.05, 3.63) is 35.4 Å². The largest absolute Gasteiger partial charge is 0.236 e. The number of aromatic nitrogens is 1. The van der Waals surface area contributed by atoms with Crippen LogP contribution >= 0.6 is 11.6 Å². The summed E-state index contributed by atoms with van der Waals surface area (Å²) in [5.74, 6) is 0. The van der Waals surface area contributed by atoms with Crippen LogP contribution in [0.25, 0.3) is 10.9 Å². The van der Waals surface area contributed by atoms with Crippen molar-refractivity contribution in [2.75, 3.05) is 6.26 Å². The molecule has 0 saturated heterocycles. The summed E-state index contributed by atoms with van der Waals surface area (Å²) < 4.78 is 22.5. The predicted octanol–water partition coefficient (Wildman–Crippen LogP) is 2.29. The zero-order chi connectivity index (χ0) is 11.1. The van der Waals surface area contributed by atoms with Gasteiger partial charge < -0.3 is 0 Å². The summed E-state index contributed by atoms with van der Waals surface area (Å²) >= 11 is 5.80. The molecule has 0 radical (unpaired) electrons. The third-order valence-electron chi connectivity index (χ3n) is 2.01. The molecule has 0 unspecified atom stereocenters. The Hall–Kier alpha value is -1.13. The molecule has 0 bridgehead atoms. The number of sulfone groups is 1. The Labute approximate surface area is 92.6 Å². The van der Waals surface area contributed by atoms with Crippen molar-refractivity contribution >= 4 is 32.3 Å². The van der Waals surface area contributed by atoms with E-state index in [1.54, 1.807) is 24.3 Å². The van der Waals surface area contributed by atoms with Crippen molar-refractivity contribution in [3.63, 3.8) is 0 Å². The normalized spacial score (nSPS) is 11.9. The van der Waals surface area contributed by atoms with Gasteiger partial charge in [0.25, 0.3) is 0 Å². The average molecular weight is 242 g/mol. The Balaban J connectivity index is 2.73. The maximum absolute atomic E-state index is 11.3. The van der Waals surface area contributed by atoms with Crippen molar-refractivity contribution < 1.29 is 8.42 Å². The van der Waals surface area contributed by atoms with Crippen LogP contribution in [0.3, 0.4) is 0 Å². The van der Waals surface area contributed by atoms with Crippen molar-refractivity contribution in [2.45, 2.75) is 5.03 Å². The van der Waals surface area contributed by atoms with Gasteiger partial charge in [-0.2, -0.15) is 0 Å². The van der Waals surface area contributed by atoms with Gasteiger partial charge in [-0.3, -0.25) is 0 Å². The lowest BCUT2D eigenvalue weighted by atomic mass is 10.2. The van der Waals surface area contributed by atoms with Gasteiger partial charge >= 0.3 is 0 Å².